The minimum Gasteiger partial charge on any atom is -0.326 e. The van der Waals surface area contributed by atoms with Crippen LogP contribution in [0.3, 0.4) is 0 Å². The maximum absolute atomic E-state index is 11.9. The summed E-state index contributed by atoms with van der Waals surface area (Å²) in [5, 5.41) is 0. The van der Waals surface area contributed by atoms with Gasteiger partial charge >= 0.3 is 6.18 Å². The third-order valence-electron chi connectivity index (χ3n) is 1.56. The van der Waals surface area contributed by atoms with E-state index in [0.717, 1.165) is 0 Å². The van der Waals surface area contributed by atoms with Gasteiger partial charge in [-0.25, -0.2) is 0 Å². The molecule has 0 heterocycles. The summed E-state index contributed by atoms with van der Waals surface area (Å²) in [5.41, 5.74) is 10.0. The van der Waals surface area contributed by atoms with E-state index >= 15 is 0 Å². The van der Waals surface area contributed by atoms with Gasteiger partial charge in [0.1, 0.15) is 6.04 Å². The van der Waals surface area contributed by atoms with Crippen LogP contribution in [-0.4, -0.2) is 18.3 Å². The molecule has 2 nitrogen and oxygen atoms in total. The standard InChI is InChI=1S/C6H13F3N2/c1-3(2)4(10)5(11)6(7,8)9/h3-5H,10-11H2,1-2H3. The van der Waals surface area contributed by atoms with E-state index in [9.17, 15) is 13.2 Å². The van der Waals surface area contributed by atoms with Crippen LogP contribution < -0.4 is 11.5 Å². The van der Waals surface area contributed by atoms with Crippen LogP contribution in [0.5, 0.6) is 0 Å². The molecular weight excluding hydrogens is 157 g/mol. The van der Waals surface area contributed by atoms with E-state index in [2.05, 4.69) is 0 Å². The van der Waals surface area contributed by atoms with Gasteiger partial charge in [0.05, 0.1) is 0 Å². The number of hydrogen-bond acceptors (Lipinski definition) is 2. The highest BCUT2D eigenvalue weighted by Gasteiger charge is 2.41. The smallest absolute Gasteiger partial charge is 0.326 e. The first-order chi connectivity index (χ1) is 4.76. The average Bonchev–Trinajstić information content (AvgIpc) is 1.82. The molecule has 11 heavy (non-hydrogen) atoms. The zero-order valence-electron chi connectivity index (χ0n) is 6.52. The van der Waals surface area contributed by atoms with Gasteiger partial charge < -0.3 is 11.5 Å². The molecule has 0 amide bonds. The summed E-state index contributed by atoms with van der Waals surface area (Å²) in [7, 11) is 0. The summed E-state index contributed by atoms with van der Waals surface area (Å²) < 4.78 is 35.6. The first-order valence-corrected chi connectivity index (χ1v) is 3.34. The van der Waals surface area contributed by atoms with Gasteiger partial charge in [0, 0.05) is 6.04 Å². The lowest BCUT2D eigenvalue weighted by Gasteiger charge is -2.24. The number of hydrogen-bond donors (Lipinski definition) is 2. The molecule has 0 saturated heterocycles. The zero-order chi connectivity index (χ0) is 9.23. The van der Waals surface area contributed by atoms with Crippen LogP contribution in [-0.2, 0) is 0 Å². The van der Waals surface area contributed by atoms with Crippen LogP contribution >= 0.6 is 0 Å². The van der Waals surface area contributed by atoms with E-state index in [1.165, 1.54) is 0 Å². The Hall–Kier alpha value is -0.290. The van der Waals surface area contributed by atoms with Crippen molar-refractivity contribution in [2.45, 2.75) is 32.1 Å². The summed E-state index contributed by atoms with van der Waals surface area (Å²) >= 11 is 0. The topological polar surface area (TPSA) is 52.0 Å². The molecule has 0 aliphatic carbocycles. The van der Waals surface area contributed by atoms with Crippen LogP contribution in [0, 0.1) is 5.92 Å². The Morgan fingerprint density at radius 1 is 1.09 bits per heavy atom. The van der Waals surface area contributed by atoms with E-state index in [0.29, 0.717) is 0 Å². The van der Waals surface area contributed by atoms with Gasteiger partial charge in [0.25, 0.3) is 0 Å². The molecule has 4 N–H and O–H groups in total. The van der Waals surface area contributed by atoms with Crippen molar-refractivity contribution in [2.24, 2.45) is 17.4 Å². The van der Waals surface area contributed by atoms with Crippen LogP contribution in [0.4, 0.5) is 13.2 Å². The monoisotopic (exact) mass is 170 g/mol. The van der Waals surface area contributed by atoms with Crippen molar-refractivity contribution in [3.63, 3.8) is 0 Å². The molecule has 0 radical (unpaired) electrons. The fraction of sp³-hybridized carbons (Fsp3) is 1.00. The minimum absolute atomic E-state index is 0.258. The summed E-state index contributed by atoms with van der Waals surface area (Å²) in [4.78, 5) is 0. The second-order valence-electron chi connectivity index (χ2n) is 2.89. The Morgan fingerprint density at radius 2 is 1.45 bits per heavy atom. The number of nitrogens with two attached hydrogens (primary N) is 2. The fourth-order valence-corrected chi connectivity index (χ4v) is 0.633. The Bertz CT molecular complexity index is 121. The third kappa shape index (κ3) is 3.07. The van der Waals surface area contributed by atoms with Crippen LogP contribution in [0.2, 0.25) is 0 Å². The number of rotatable bonds is 2. The van der Waals surface area contributed by atoms with E-state index in [4.69, 9.17) is 11.5 Å². The zero-order valence-corrected chi connectivity index (χ0v) is 6.52. The molecule has 0 aliphatic rings. The van der Waals surface area contributed by atoms with E-state index in [1.807, 2.05) is 0 Å². The van der Waals surface area contributed by atoms with E-state index in [1.54, 1.807) is 13.8 Å². The second-order valence-corrected chi connectivity index (χ2v) is 2.89. The summed E-state index contributed by atoms with van der Waals surface area (Å²) in [6.07, 6.45) is -4.39. The molecule has 0 aromatic carbocycles. The first-order valence-electron chi connectivity index (χ1n) is 3.34. The van der Waals surface area contributed by atoms with E-state index in [-0.39, 0.29) is 5.92 Å². The fourth-order valence-electron chi connectivity index (χ4n) is 0.633. The van der Waals surface area contributed by atoms with Gasteiger partial charge in [0.2, 0.25) is 0 Å². The normalized spacial score (nSPS) is 18.5. The summed E-state index contributed by atoms with van der Waals surface area (Å²) in [6.45, 7) is 3.21. The van der Waals surface area contributed by atoms with Crippen molar-refractivity contribution in [2.75, 3.05) is 0 Å². The molecule has 0 aromatic heterocycles. The largest absolute Gasteiger partial charge is 0.405 e. The Labute approximate surface area is 63.7 Å². The Morgan fingerprint density at radius 3 is 1.55 bits per heavy atom. The number of alkyl halides is 3. The quantitative estimate of drug-likeness (QED) is 0.645. The van der Waals surface area contributed by atoms with E-state index < -0.39 is 18.3 Å². The Balaban J connectivity index is 4.13. The predicted molar refractivity (Wildman–Crippen MR) is 36.8 cm³/mol. The van der Waals surface area contributed by atoms with Gasteiger partial charge in [-0.1, -0.05) is 13.8 Å². The molecule has 0 bridgehead atoms. The molecule has 2 unspecified atom stereocenters. The molecule has 2 atom stereocenters. The van der Waals surface area contributed by atoms with Crippen molar-refractivity contribution in [3.8, 4) is 0 Å². The second kappa shape index (κ2) is 3.40. The van der Waals surface area contributed by atoms with Crippen LogP contribution in [0.15, 0.2) is 0 Å². The van der Waals surface area contributed by atoms with Gasteiger partial charge in [-0.15, -0.1) is 0 Å². The molecule has 0 saturated carbocycles. The van der Waals surface area contributed by atoms with Crippen molar-refractivity contribution >= 4 is 0 Å². The highest BCUT2D eigenvalue weighted by atomic mass is 19.4. The average molecular weight is 170 g/mol. The lowest BCUT2D eigenvalue weighted by atomic mass is 9.98. The molecule has 0 aromatic rings. The maximum Gasteiger partial charge on any atom is 0.405 e. The van der Waals surface area contributed by atoms with Crippen LogP contribution in [0.1, 0.15) is 13.8 Å². The predicted octanol–water partition coefficient (Wildman–Crippen LogP) is 0.859. The Kier molecular flexibility index (Phi) is 3.31. The third-order valence-corrected chi connectivity index (χ3v) is 1.56. The SMILES string of the molecule is CC(C)C(N)C(N)C(F)(F)F. The summed E-state index contributed by atoms with van der Waals surface area (Å²) in [6, 6.07) is -2.93. The lowest BCUT2D eigenvalue weighted by molar-refractivity contribution is -0.154. The highest BCUT2D eigenvalue weighted by molar-refractivity contribution is 4.84. The molecule has 5 heteroatoms. The molecule has 0 rings (SSSR count). The highest BCUT2D eigenvalue weighted by Crippen LogP contribution is 2.22. The molecule has 0 fully saturated rings. The molecule has 68 valence electrons. The van der Waals surface area contributed by atoms with Gasteiger partial charge in [-0.3, -0.25) is 0 Å². The molecular formula is C6H13F3N2. The first kappa shape index (κ1) is 10.7. The van der Waals surface area contributed by atoms with Crippen molar-refractivity contribution < 1.29 is 13.2 Å². The number of halogens is 3. The van der Waals surface area contributed by atoms with Crippen molar-refractivity contribution in [3.05, 3.63) is 0 Å². The minimum atomic E-state index is -4.39. The van der Waals surface area contributed by atoms with Gasteiger partial charge in [-0.2, -0.15) is 13.2 Å². The molecule has 0 spiro atoms. The van der Waals surface area contributed by atoms with Crippen molar-refractivity contribution in [1.82, 2.24) is 0 Å². The molecule has 0 aliphatic heterocycles. The van der Waals surface area contributed by atoms with Gasteiger partial charge in [0.15, 0.2) is 0 Å². The van der Waals surface area contributed by atoms with Crippen molar-refractivity contribution in [1.29, 1.82) is 0 Å². The van der Waals surface area contributed by atoms with Gasteiger partial charge in [-0.05, 0) is 5.92 Å². The lowest BCUT2D eigenvalue weighted by Crippen LogP contribution is -2.53. The maximum atomic E-state index is 11.9. The van der Waals surface area contributed by atoms with Crippen LogP contribution in [0.25, 0.3) is 0 Å². The summed E-state index contributed by atoms with van der Waals surface area (Å²) in [5.74, 6) is -0.258.